The first-order valence-electron chi connectivity index (χ1n) is 11.7. The lowest BCUT2D eigenvalue weighted by atomic mass is 9.97. The number of amides is 1. The molecule has 0 aliphatic heterocycles. The van der Waals surface area contributed by atoms with E-state index < -0.39 is 18.2 Å². The molecule has 0 radical (unpaired) electrons. The van der Waals surface area contributed by atoms with Crippen LogP contribution in [0.25, 0.3) is 22.4 Å². The van der Waals surface area contributed by atoms with Gasteiger partial charge in [-0.05, 0) is 56.2 Å². The zero-order valence-corrected chi connectivity index (χ0v) is 21.4. The largest absolute Gasteiger partial charge is 0.490 e. The van der Waals surface area contributed by atoms with Crippen molar-refractivity contribution in [2.24, 2.45) is 0 Å². The molecule has 0 spiro atoms. The minimum absolute atomic E-state index is 0.0980. The number of nitrogen functional groups attached to an aromatic ring is 1. The van der Waals surface area contributed by atoms with Crippen molar-refractivity contribution >= 4 is 28.9 Å². The second-order valence-electron chi connectivity index (χ2n) is 8.81. The summed E-state index contributed by atoms with van der Waals surface area (Å²) in [5, 5.41) is 14.3. The zero-order valence-electron chi connectivity index (χ0n) is 21.4. The number of rotatable bonds is 4. The number of nitrogens with two attached hydrogens (primary N) is 1. The Balaban J connectivity index is 0.000000470. The monoisotopic (exact) mass is 557 g/mol. The molecular formula is C26H23F4N7O3. The number of nitrogens with one attached hydrogen (secondary N) is 1. The van der Waals surface area contributed by atoms with Crippen LogP contribution in [0, 0.1) is 19.7 Å². The fourth-order valence-electron chi connectivity index (χ4n) is 4.24. The van der Waals surface area contributed by atoms with Crippen molar-refractivity contribution in [2.75, 3.05) is 5.73 Å². The van der Waals surface area contributed by atoms with E-state index in [9.17, 15) is 22.4 Å². The fraction of sp³-hybridized carbons (Fsp3) is 0.192. The average molecular weight is 558 g/mol. The quantitative estimate of drug-likeness (QED) is 0.276. The third kappa shape index (κ3) is 5.41. The maximum atomic E-state index is 14.2. The summed E-state index contributed by atoms with van der Waals surface area (Å²) in [7, 11) is 0. The lowest BCUT2D eigenvalue weighted by Crippen LogP contribution is -2.28. The number of aliphatic carboxylic acids is 1. The number of carboxylic acid groups (broad SMARTS) is 1. The summed E-state index contributed by atoms with van der Waals surface area (Å²) in [6.45, 7) is 5.76. The van der Waals surface area contributed by atoms with Crippen molar-refractivity contribution in [3.8, 4) is 11.3 Å². The fourth-order valence-corrected chi connectivity index (χ4v) is 4.24. The highest BCUT2D eigenvalue weighted by Crippen LogP contribution is 2.33. The topological polar surface area (TPSA) is 140 Å². The molecule has 5 rings (SSSR count). The van der Waals surface area contributed by atoms with Crippen molar-refractivity contribution in [2.45, 2.75) is 33.0 Å². The highest BCUT2D eigenvalue weighted by molar-refractivity contribution is 6.04. The molecule has 208 valence electrons. The van der Waals surface area contributed by atoms with Gasteiger partial charge in [0, 0.05) is 18.0 Å². The number of halogens is 4. The van der Waals surface area contributed by atoms with Gasteiger partial charge in [0.05, 0.1) is 23.4 Å². The third-order valence-corrected chi connectivity index (χ3v) is 6.02. The molecule has 1 unspecified atom stereocenters. The number of hydrogen-bond donors (Lipinski definition) is 3. The van der Waals surface area contributed by atoms with Crippen LogP contribution in [0.15, 0.2) is 55.0 Å². The van der Waals surface area contributed by atoms with Gasteiger partial charge in [-0.25, -0.2) is 23.7 Å². The Labute approximate surface area is 224 Å². The number of pyridine rings is 1. The number of hydrogen-bond acceptors (Lipinski definition) is 6. The number of alkyl halides is 3. The Morgan fingerprint density at radius 2 is 1.82 bits per heavy atom. The average Bonchev–Trinajstić information content (AvgIpc) is 3.43. The molecule has 4 aromatic heterocycles. The number of anilines is 1. The summed E-state index contributed by atoms with van der Waals surface area (Å²) in [4.78, 5) is 30.8. The van der Waals surface area contributed by atoms with Gasteiger partial charge in [0.25, 0.3) is 5.91 Å². The number of carbonyl (C=O) groups is 2. The molecule has 0 fully saturated rings. The van der Waals surface area contributed by atoms with Gasteiger partial charge < -0.3 is 16.2 Å². The second-order valence-corrected chi connectivity index (χ2v) is 8.81. The SMILES string of the molecule is Cc1cc(C(C)NC(=O)c2c(N)nn3cccnc23)c(-c2cccc(F)c2)n2c(C)ncc12.O=C(O)C(F)(F)F. The molecule has 0 aliphatic rings. The second kappa shape index (κ2) is 10.6. The molecule has 1 aromatic carbocycles. The summed E-state index contributed by atoms with van der Waals surface area (Å²) < 4.78 is 49.4. The minimum atomic E-state index is -5.08. The highest BCUT2D eigenvalue weighted by Gasteiger charge is 2.38. The molecule has 5 aromatic rings. The number of carbonyl (C=O) groups excluding carboxylic acids is 1. The summed E-state index contributed by atoms with van der Waals surface area (Å²) in [5.74, 6) is -2.62. The molecule has 4 N–H and O–H groups in total. The maximum Gasteiger partial charge on any atom is 0.490 e. The van der Waals surface area contributed by atoms with Crippen LogP contribution in [0.1, 0.15) is 40.3 Å². The highest BCUT2D eigenvalue weighted by atomic mass is 19.4. The van der Waals surface area contributed by atoms with Gasteiger partial charge in [-0.1, -0.05) is 12.1 Å². The predicted molar refractivity (Wildman–Crippen MR) is 137 cm³/mol. The van der Waals surface area contributed by atoms with E-state index in [4.69, 9.17) is 15.6 Å². The molecule has 0 saturated carbocycles. The van der Waals surface area contributed by atoms with Gasteiger partial charge in [0.2, 0.25) is 0 Å². The van der Waals surface area contributed by atoms with Crippen LogP contribution in [0.3, 0.4) is 0 Å². The van der Waals surface area contributed by atoms with E-state index in [1.165, 1.54) is 16.6 Å². The van der Waals surface area contributed by atoms with Crippen LogP contribution >= 0.6 is 0 Å². The molecule has 40 heavy (non-hydrogen) atoms. The molecular weight excluding hydrogens is 534 g/mol. The number of carboxylic acids is 1. The number of aromatic nitrogens is 5. The normalized spacial score (nSPS) is 12.2. The van der Waals surface area contributed by atoms with Gasteiger partial charge in [0.15, 0.2) is 11.5 Å². The predicted octanol–water partition coefficient (Wildman–Crippen LogP) is 4.51. The zero-order chi connectivity index (χ0) is 29.4. The molecule has 1 atom stereocenters. The minimum Gasteiger partial charge on any atom is -0.475 e. The van der Waals surface area contributed by atoms with Gasteiger partial charge in [-0.15, -0.1) is 5.10 Å². The Morgan fingerprint density at radius 3 is 2.48 bits per heavy atom. The van der Waals surface area contributed by atoms with Gasteiger partial charge in [-0.3, -0.25) is 9.20 Å². The van der Waals surface area contributed by atoms with E-state index in [0.717, 1.165) is 28.2 Å². The number of nitrogens with zero attached hydrogens (tertiary/aromatic N) is 5. The van der Waals surface area contributed by atoms with E-state index >= 15 is 0 Å². The van der Waals surface area contributed by atoms with Crippen LogP contribution < -0.4 is 11.1 Å². The number of benzene rings is 1. The van der Waals surface area contributed by atoms with Crippen molar-refractivity contribution in [3.05, 3.63) is 83.3 Å². The molecule has 1 amide bonds. The van der Waals surface area contributed by atoms with Crippen LogP contribution in [-0.2, 0) is 4.79 Å². The smallest absolute Gasteiger partial charge is 0.475 e. The van der Waals surface area contributed by atoms with Crippen molar-refractivity contribution in [3.63, 3.8) is 0 Å². The summed E-state index contributed by atoms with van der Waals surface area (Å²) in [6, 6.07) is 9.67. The molecule has 0 saturated heterocycles. The van der Waals surface area contributed by atoms with Crippen molar-refractivity contribution < 1.29 is 32.3 Å². The number of fused-ring (bicyclic) bond motifs is 2. The summed E-state index contributed by atoms with van der Waals surface area (Å²) in [5.41, 5.74) is 10.8. The summed E-state index contributed by atoms with van der Waals surface area (Å²) in [6.07, 6.45) is -0.0241. The van der Waals surface area contributed by atoms with E-state index in [2.05, 4.69) is 20.4 Å². The van der Waals surface area contributed by atoms with Gasteiger partial charge in [0.1, 0.15) is 17.2 Å². The number of imidazole rings is 1. The Morgan fingerprint density at radius 1 is 1.12 bits per heavy atom. The van der Waals surface area contributed by atoms with E-state index in [-0.39, 0.29) is 23.1 Å². The Hall–Kier alpha value is -5.01. The lowest BCUT2D eigenvalue weighted by molar-refractivity contribution is -0.192. The van der Waals surface area contributed by atoms with Crippen molar-refractivity contribution in [1.29, 1.82) is 0 Å². The van der Waals surface area contributed by atoms with E-state index in [1.807, 2.05) is 37.3 Å². The van der Waals surface area contributed by atoms with Crippen LogP contribution in [0.4, 0.5) is 23.4 Å². The molecule has 10 nitrogen and oxygen atoms in total. The van der Waals surface area contributed by atoms with Crippen LogP contribution in [0.2, 0.25) is 0 Å². The Bertz CT molecular complexity index is 1740. The van der Waals surface area contributed by atoms with Crippen molar-refractivity contribution in [1.82, 2.24) is 29.3 Å². The van der Waals surface area contributed by atoms with E-state index in [0.29, 0.717) is 11.2 Å². The standard InChI is InChI=1S/C24H22FN7O.C2HF3O2/c1-13-10-18(14(2)29-24(33)20-22(26)30-31-9-5-8-27-23(20)31)21(16-6-4-7-17(25)11-16)32-15(3)28-12-19(13)32;3-2(4,5)1(6)7/h4-12,14H,1-3H3,(H2,26,30)(H,29,33);(H,6,7). The Kier molecular flexibility index (Phi) is 7.44. The molecule has 0 aliphatic carbocycles. The lowest BCUT2D eigenvalue weighted by Gasteiger charge is -2.21. The maximum absolute atomic E-state index is 14.2. The first-order chi connectivity index (χ1) is 18.8. The first kappa shape index (κ1) is 28.0. The molecule has 0 bridgehead atoms. The van der Waals surface area contributed by atoms with Gasteiger partial charge >= 0.3 is 12.1 Å². The first-order valence-corrected chi connectivity index (χ1v) is 11.7. The van der Waals surface area contributed by atoms with Gasteiger partial charge in [-0.2, -0.15) is 13.2 Å². The summed E-state index contributed by atoms with van der Waals surface area (Å²) >= 11 is 0. The van der Waals surface area contributed by atoms with E-state index in [1.54, 1.807) is 30.7 Å². The molecule has 14 heteroatoms. The number of aryl methyl sites for hydroxylation is 2. The molecule has 4 heterocycles. The van der Waals surface area contributed by atoms with Crippen LogP contribution in [0.5, 0.6) is 0 Å². The third-order valence-electron chi connectivity index (χ3n) is 6.02. The van der Waals surface area contributed by atoms with Crippen LogP contribution in [-0.4, -0.2) is 47.1 Å².